The first-order valence-electron chi connectivity index (χ1n) is 6.71. The molecule has 1 fully saturated rings. The van der Waals surface area contributed by atoms with Crippen LogP contribution in [0, 0.1) is 12.8 Å². The van der Waals surface area contributed by atoms with Gasteiger partial charge in [0.1, 0.15) is 0 Å². The third-order valence-corrected chi connectivity index (χ3v) is 5.80. The second kappa shape index (κ2) is 5.61. The molecule has 0 amide bonds. The third-order valence-electron chi connectivity index (χ3n) is 3.98. The summed E-state index contributed by atoms with van der Waals surface area (Å²) in [7, 11) is -1.70. The van der Waals surface area contributed by atoms with E-state index in [4.69, 9.17) is 5.73 Å². The molecule has 0 heterocycles. The molecule has 0 spiro atoms. The van der Waals surface area contributed by atoms with Gasteiger partial charge in [0, 0.05) is 20.1 Å². The average Bonchev–Trinajstić information content (AvgIpc) is 2.33. The standard InChI is InChI=1S/C14H22N2O2S/c1-11-8-14(7-6-13(11)9-15)19(17,18)16(2)10-12-4-3-5-12/h6-8,12H,3-5,9-10,15H2,1-2H3. The van der Waals surface area contributed by atoms with Crippen molar-refractivity contribution in [3.05, 3.63) is 29.3 Å². The summed E-state index contributed by atoms with van der Waals surface area (Å²) in [6, 6.07) is 5.18. The van der Waals surface area contributed by atoms with E-state index in [9.17, 15) is 8.42 Å². The summed E-state index contributed by atoms with van der Waals surface area (Å²) in [4.78, 5) is 0.365. The van der Waals surface area contributed by atoms with Crippen LogP contribution in [0.3, 0.4) is 0 Å². The number of nitrogens with zero attached hydrogens (tertiary/aromatic N) is 1. The Morgan fingerprint density at radius 2 is 2.05 bits per heavy atom. The van der Waals surface area contributed by atoms with Crippen LogP contribution in [-0.2, 0) is 16.6 Å². The molecule has 1 aromatic carbocycles. The highest BCUT2D eigenvalue weighted by atomic mass is 32.2. The molecule has 0 saturated heterocycles. The monoisotopic (exact) mass is 282 g/mol. The molecule has 0 aliphatic heterocycles. The Hall–Kier alpha value is -0.910. The predicted molar refractivity (Wildman–Crippen MR) is 76.2 cm³/mol. The first-order valence-corrected chi connectivity index (χ1v) is 8.15. The molecule has 1 aliphatic carbocycles. The normalized spacial score (nSPS) is 16.6. The molecule has 1 aliphatic rings. The first kappa shape index (κ1) is 14.5. The van der Waals surface area contributed by atoms with E-state index in [1.165, 1.54) is 10.7 Å². The maximum atomic E-state index is 12.5. The average molecular weight is 282 g/mol. The van der Waals surface area contributed by atoms with E-state index in [2.05, 4.69) is 0 Å². The van der Waals surface area contributed by atoms with Gasteiger partial charge in [-0.2, -0.15) is 0 Å². The Labute approximate surface area is 115 Å². The summed E-state index contributed by atoms with van der Waals surface area (Å²) < 4.78 is 26.4. The molecule has 0 atom stereocenters. The molecule has 5 heteroatoms. The van der Waals surface area contributed by atoms with Crippen molar-refractivity contribution < 1.29 is 8.42 Å². The predicted octanol–water partition coefficient (Wildman–Crippen LogP) is 1.87. The molecule has 106 valence electrons. The minimum atomic E-state index is -3.37. The fourth-order valence-corrected chi connectivity index (χ4v) is 3.71. The van der Waals surface area contributed by atoms with Gasteiger partial charge in [-0.25, -0.2) is 12.7 Å². The zero-order valence-corrected chi connectivity index (χ0v) is 12.4. The SMILES string of the molecule is Cc1cc(S(=O)(=O)N(C)CC2CCC2)ccc1CN. The molecule has 2 rings (SSSR count). The zero-order valence-electron chi connectivity index (χ0n) is 11.6. The molecule has 0 unspecified atom stereocenters. The lowest BCUT2D eigenvalue weighted by Crippen LogP contribution is -2.34. The number of aryl methyl sites for hydroxylation is 1. The second-order valence-corrected chi connectivity index (χ2v) is 7.42. The lowest BCUT2D eigenvalue weighted by molar-refractivity contribution is 0.263. The lowest BCUT2D eigenvalue weighted by atomic mass is 9.86. The second-order valence-electron chi connectivity index (χ2n) is 5.37. The smallest absolute Gasteiger partial charge is 0.242 e. The van der Waals surface area contributed by atoms with Gasteiger partial charge in [-0.05, 0) is 48.9 Å². The Bertz CT molecular complexity index is 551. The van der Waals surface area contributed by atoms with Crippen molar-refractivity contribution in [2.24, 2.45) is 11.7 Å². The van der Waals surface area contributed by atoms with E-state index in [0.29, 0.717) is 23.9 Å². The molecule has 1 aromatic rings. The van der Waals surface area contributed by atoms with Crippen LogP contribution in [0.15, 0.2) is 23.1 Å². The highest BCUT2D eigenvalue weighted by molar-refractivity contribution is 7.89. The molecular weight excluding hydrogens is 260 g/mol. The first-order chi connectivity index (χ1) is 8.95. The van der Waals surface area contributed by atoms with E-state index >= 15 is 0 Å². The van der Waals surface area contributed by atoms with Crippen molar-refractivity contribution in [1.82, 2.24) is 4.31 Å². The quantitative estimate of drug-likeness (QED) is 0.896. The highest BCUT2D eigenvalue weighted by Crippen LogP contribution is 2.28. The van der Waals surface area contributed by atoms with Crippen LogP contribution in [0.25, 0.3) is 0 Å². The van der Waals surface area contributed by atoms with Crippen molar-refractivity contribution in [2.45, 2.75) is 37.6 Å². The fourth-order valence-electron chi connectivity index (χ4n) is 2.37. The minimum absolute atomic E-state index is 0.365. The van der Waals surface area contributed by atoms with Gasteiger partial charge in [-0.3, -0.25) is 0 Å². The van der Waals surface area contributed by atoms with Gasteiger partial charge in [-0.1, -0.05) is 12.5 Å². The van der Waals surface area contributed by atoms with Gasteiger partial charge in [0.2, 0.25) is 10.0 Å². The summed E-state index contributed by atoms with van der Waals surface area (Å²) in [5, 5.41) is 0. The van der Waals surface area contributed by atoms with E-state index in [1.807, 2.05) is 6.92 Å². The topological polar surface area (TPSA) is 63.4 Å². The Kier molecular flexibility index (Phi) is 4.28. The van der Waals surface area contributed by atoms with Crippen molar-refractivity contribution in [1.29, 1.82) is 0 Å². The third kappa shape index (κ3) is 2.99. The van der Waals surface area contributed by atoms with E-state index in [1.54, 1.807) is 25.2 Å². The summed E-state index contributed by atoms with van der Waals surface area (Å²) in [5.41, 5.74) is 7.52. The van der Waals surface area contributed by atoms with E-state index in [0.717, 1.165) is 24.0 Å². The van der Waals surface area contributed by atoms with Gasteiger partial charge < -0.3 is 5.73 Å². The summed E-state index contributed by atoms with van der Waals surface area (Å²) >= 11 is 0. The maximum absolute atomic E-state index is 12.5. The van der Waals surface area contributed by atoms with Crippen LogP contribution in [0.5, 0.6) is 0 Å². The van der Waals surface area contributed by atoms with Crippen LogP contribution < -0.4 is 5.73 Å². The Morgan fingerprint density at radius 1 is 1.37 bits per heavy atom. The highest BCUT2D eigenvalue weighted by Gasteiger charge is 2.26. The number of nitrogens with two attached hydrogens (primary N) is 1. The summed E-state index contributed by atoms with van der Waals surface area (Å²) in [6.07, 6.45) is 3.51. The van der Waals surface area contributed by atoms with Crippen molar-refractivity contribution in [2.75, 3.05) is 13.6 Å². The Balaban J connectivity index is 2.20. The summed E-state index contributed by atoms with van der Waals surface area (Å²) in [6.45, 7) is 2.96. The van der Waals surface area contributed by atoms with E-state index in [-0.39, 0.29) is 0 Å². The molecule has 19 heavy (non-hydrogen) atoms. The van der Waals surface area contributed by atoms with Gasteiger partial charge >= 0.3 is 0 Å². The summed E-state index contributed by atoms with van der Waals surface area (Å²) in [5.74, 6) is 0.532. The molecule has 0 aromatic heterocycles. The van der Waals surface area contributed by atoms with Crippen molar-refractivity contribution in [3.8, 4) is 0 Å². The van der Waals surface area contributed by atoms with E-state index < -0.39 is 10.0 Å². The lowest BCUT2D eigenvalue weighted by Gasteiger charge is -2.29. The van der Waals surface area contributed by atoms with Gasteiger partial charge in [0.25, 0.3) is 0 Å². The van der Waals surface area contributed by atoms with Crippen LogP contribution in [0.2, 0.25) is 0 Å². The number of sulfonamides is 1. The minimum Gasteiger partial charge on any atom is -0.326 e. The number of hydrogen-bond acceptors (Lipinski definition) is 3. The van der Waals surface area contributed by atoms with Crippen LogP contribution >= 0.6 is 0 Å². The molecule has 4 nitrogen and oxygen atoms in total. The molecule has 0 radical (unpaired) electrons. The van der Waals surface area contributed by atoms with Crippen LogP contribution in [0.1, 0.15) is 30.4 Å². The molecule has 0 bridgehead atoms. The van der Waals surface area contributed by atoms with Gasteiger partial charge in [0.05, 0.1) is 4.90 Å². The molecule has 2 N–H and O–H groups in total. The van der Waals surface area contributed by atoms with Crippen LogP contribution in [0.4, 0.5) is 0 Å². The zero-order chi connectivity index (χ0) is 14.0. The Morgan fingerprint density at radius 3 is 2.53 bits per heavy atom. The van der Waals surface area contributed by atoms with Gasteiger partial charge in [-0.15, -0.1) is 0 Å². The fraction of sp³-hybridized carbons (Fsp3) is 0.571. The van der Waals surface area contributed by atoms with Crippen molar-refractivity contribution >= 4 is 10.0 Å². The van der Waals surface area contributed by atoms with Crippen molar-refractivity contribution in [3.63, 3.8) is 0 Å². The number of rotatable bonds is 5. The molecule has 1 saturated carbocycles. The largest absolute Gasteiger partial charge is 0.326 e. The molecular formula is C14H22N2O2S. The van der Waals surface area contributed by atoms with Gasteiger partial charge in [0.15, 0.2) is 0 Å². The maximum Gasteiger partial charge on any atom is 0.242 e. The number of hydrogen-bond donors (Lipinski definition) is 1. The number of benzene rings is 1. The van der Waals surface area contributed by atoms with Crippen LogP contribution in [-0.4, -0.2) is 26.3 Å².